The molecule has 16 heavy (non-hydrogen) atoms. The second-order valence-corrected chi connectivity index (χ2v) is 4.36. The van der Waals surface area contributed by atoms with Crippen LogP contribution in [0.15, 0.2) is 24.3 Å². The molecule has 0 amide bonds. The summed E-state index contributed by atoms with van der Waals surface area (Å²) in [6, 6.07) is 7.49. The Morgan fingerprint density at radius 2 is 1.94 bits per heavy atom. The first kappa shape index (κ1) is 13.3. The summed E-state index contributed by atoms with van der Waals surface area (Å²) in [6.07, 6.45) is 2.42. The highest BCUT2D eigenvalue weighted by Gasteiger charge is 2.03. The van der Waals surface area contributed by atoms with E-state index in [0.29, 0.717) is 0 Å². The summed E-state index contributed by atoms with van der Waals surface area (Å²) in [5.74, 6) is 0.882. The zero-order chi connectivity index (χ0) is 11.8. The summed E-state index contributed by atoms with van der Waals surface area (Å²) in [5, 5.41) is 4.10. The summed E-state index contributed by atoms with van der Waals surface area (Å²) in [6.45, 7) is 6.33. The first-order valence-corrected chi connectivity index (χ1v) is 6.23. The zero-order valence-corrected chi connectivity index (χ0v) is 10.8. The second-order valence-electron chi connectivity index (χ2n) is 3.92. The van der Waals surface area contributed by atoms with Gasteiger partial charge in [-0.15, -0.1) is 0 Å². The van der Waals surface area contributed by atoms with Crippen LogP contribution in [-0.4, -0.2) is 19.2 Å². The van der Waals surface area contributed by atoms with Gasteiger partial charge in [0.25, 0.3) is 0 Å². The van der Waals surface area contributed by atoms with Gasteiger partial charge in [0.15, 0.2) is 0 Å². The van der Waals surface area contributed by atoms with Gasteiger partial charge in [-0.25, -0.2) is 0 Å². The SMILES string of the molecule is CCCNCCC(C)Oc1ccc(Cl)cc1. The molecular formula is C13H20ClNO. The average molecular weight is 242 g/mol. The number of rotatable bonds is 7. The molecule has 0 fully saturated rings. The van der Waals surface area contributed by atoms with Gasteiger partial charge in [0.1, 0.15) is 5.75 Å². The third kappa shape index (κ3) is 5.38. The molecule has 1 atom stereocenters. The van der Waals surface area contributed by atoms with Crippen LogP contribution in [0.1, 0.15) is 26.7 Å². The minimum atomic E-state index is 0.227. The third-order valence-electron chi connectivity index (χ3n) is 2.31. The zero-order valence-electron chi connectivity index (χ0n) is 10.0. The molecule has 90 valence electrons. The fourth-order valence-corrected chi connectivity index (χ4v) is 1.54. The van der Waals surface area contributed by atoms with Crippen LogP contribution in [0.5, 0.6) is 5.75 Å². The third-order valence-corrected chi connectivity index (χ3v) is 2.56. The summed E-state index contributed by atoms with van der Waals surface area (Å²) in [4.78, 5) is 0. The fourth-order valence-electron chi connectivity index (χ4n) is 1.41. The predicted molar refractivity (Wildman–Crippen MR) is 69.3 cm³/mol. The van der Waals surface area contributed by atoms with Crippen LogP contribution in [0.4, 0.5) is 0 Å². The topological polar surface area (TPSA) is 21.3 Å². The van der Waals surface area contributed by atoms with Crippen LogP contribution in [0.25, 0.3) is 0 Å². The Bertz CT molecular complexity index is 286. The van der Waals surface area contributed by atoms with Crippen molar-refractivity contribution < 1.29 is 4.74 Å². The van der Waals surface area contributed by atoms with Crippen LogP contribution in [0.3, 0.4) is 0 Å². The molecule has 0 aliphatic carbocycles. The van der Waals surface area contributed by atoms with Crippen LogP contribution >= 0.6 is 11.6 Å². The van der Waals surface area contributed by atoms with Gasteiger partial charge in [-0.2, -0.15) is 0 Å². The Labute approximate surface area is 103 Å². The molecule has 2 nitrogen and oxygen atoms in total. The van der Waals surface area contributed by atoms with E-state index in [1.54, 1.807) is 0 Å². The molecular weight excluding hydrogens is 222 g/mol. The molecule has 1 unspecified atom stereocenters. The molecule has 0 radical (unpaired) electrons. The van der Waals surface area contributed by atoms with Gasteiger partial charge in [0.05, 0.1) is 6.10 Å². The van der Waals surface area contributed by atoms with E-state index in [0.717, 1.165) is 30.3 Å². The molecule has 0 aliphatic rings. The molecule has 1 N–H and O–H groups in total. The van der Waals surface area contributed by atoms with E-state index in [2.05, 4.69) is 19.2 Å². The molecule has 1 aromatic carbocycles. The van der Waals surface area contributed by atoms with Gasteiger partial charge in [0.2, 0.25) is 0 Å². The van der Waals surface area contributed by atoms with Gasteiger partial charge in [0, 0.05) is 5.02 Å². The molecule has 0 aromatic heterocycles. The highest BCUT2D eigenvalue weighted by atomic mass is 35.5. The molecule has 1 rings (SSSR count). The van der Waals surface area contributed by atoms with Crippen molar-refractivity contribution in [2.75, 3.05) is 13.1 Å². The van der Waals surface area contributed by atoms with Crippen molar-refractivity contribution in [3.05, 3.63) is 29.3 Å². The number of halogens is 1. The summed E-state index contributed by atoms with van der Waals surface area (Å²) in [7, 11) is 0. The number of nitrogens with one attached hydrogen (secondary N) is 1. The van der Waals surface area contributed by atoms with Crippen LogP contribution in [0, 0.1) is 0 Å². The smallest absolute Gasteiger partial charge is 0.119 e. The number of benzene rings is 1. The van der Waals surface area contributed by atoms with Crippen molar-refractivity contribution >= 4 is 11.6 Å². The van der Waals surface area contributed by atoms with Crippen molar-refractivity contribution in [3.8, 4) is 5.75 Å². The van der Waals surface area contributed by atoms with E-state index < -0.39 is 0 Å². The standard InChI is InChI=1S/C13H20ClNO/c1-3-9-15-10-8-11(2)16-13-6-4-12(14)5-7-13/h4-7,11,15H,3,8-10H2,1-2H3. The lowest BCUT2D eigenvalue weighted by atomic mass is 10.2. The largest absolute Gasteiger partial charge is 0.491 e. The molecule has 0 saturated heterocycles. The number of hydrogen-bond acceptors (Lipinski definition) is 2. The highest BCUT2D eigenvalue weighted by molar-refractivity contribution is 6.30. The lowest BCUT2D eigenvalue weighted by Gasteiger charge is -2.14. The van der Waals surface area contributed by atoms with E-state index in [1.165, 1.54) is 6.42 Å². The molecule has 0 spiro atoms. The number of hydrogen-bond donors (Lipinski definition) is 1. The van der Waals surface area contributed by atoms with Crippen LogP contribution in [-0.2, 0) is 0 Å². The van der Waals surface area contributed by atoms with E-state index in [-0.39, 0.29) is 6.10 Å². The van der Waals surface area contributed by atoms with Gasteiger partial charge in [-0.3, -0.25) is 0 Å². The van der Waals surface area contributed by atoms with Crippen molar-refractivity contribution in [2.24, 2.45) is 0 Å². The molecule has 0 saturated carbocycles. The first-order chi connectivity index (χ1) is 7.72. The Morgan fingerprint density at radius 3 is 2.56 bits per heavy atom. The van der Waals surface area contributed by atoms with E-state index >= 15 is 0 Å². The summed E-state index contributed by atoms with van der Waals surface area (Å²) in [5.41, 5.74) is 0. The van der Waals surface area contributed by atoms with Crippen LogP contribution < -0.4 is 10.1 Å². The molecule has 0 aliphatic heterocycles. The Hall–Kier alpha value is -0.730. The maximum absolute atomic E-state index is 5.80. The minimum Gasteiger partial charge on any atom is -0.491 e. The fraction of sp³-hybridized carbons (Fsp3) is 0.538. The molecule has 1 aromatic rings. The summed E-state index contributed by atoms with van der Waals surface area (Å²) < 4.78 is 5.75. The van der Waals surface area contributed by atoms with E-state index in [1.807, 2.05) is 24.3 Å². The minimum absolute atomic E-state index is 0.227. The normalized spacial score (nSPS) is 12.4. The average Bonchev–Trinajstić information content (AvgIpc) is 2.28. The van der Waals surface area contributed by atoms with Crippen molar-refractivity contribution in [1.82, 2.24) is 5.32 Å². The highest BCUT2D eigenvalue weighted by Crippen LogP contribution is 2.17. The van der Waals surface area contributed by atoms with Crippen LogP contribution in [0.2, 0.25) is 5.02 Å². The Balaban J connectivity index is 2.23. The maximum atomic E-state index is 5.80. The van der Waals surface area contributed by atoms with Gasteiger partial charge >= 0.3 is 0 Å². The molecule has 0 bridgehead atoms. The second kappa shape index (κ2) is 7.53. The quantitative estimate of drug-likeness (QED) is 0.738. The van der Waals surface area contributed by atoms with Gasteiger partial charge in [-0.05, 0) is 57.1 Å². The van der Waals surface area contributed by atoms with Gasteiger partial charge in [-0.1, -0.05) is 18.5 Å². The van der Waals surface area contributed by atoms with Gasteiger partial charge < -0.3 is 10.1 Å². The summed E-state index contributed by atoms with van der Waals surface area (Å²) >= 11 is 5.80. The molecule has 0 heterocycles. The van der Waals surface area contributed by atoms with Crippen molar-refractivity contribution in [1.29, 1.82) is 0 Å². The monoisotopic (exact) mass is 241 g/mol. The van der Waals surface area contributed by atoms with Crippen molar-refractivity contribution in [3.63, 3.8) is 0 Å². The Kier molecular flexibility index (Phi) is 6.27. The molecule has 3 heteroatoms. The maximum Gasteiger partial charge on any atom is 0.119 e. The number of ether oxygens (including phenoxy) is 1. The predicted octanol–water partition coefficient (Wildman–Crippen LogP) is 3.50. The van der Waals surface area contributed by atoms with E-state index in [9.17, 15) is 0 Å². The lowest BCUT2D eigenvalue weighted by molar-refractivity contribution is 0.210. The Morgan fingerprint density at radius 1 is 1.25 bits per heavy atom. The van der Waals surface area contributed by atoms with E-state index in [4.69, 9.17) is 16.3 Å². The first-order valence-electron chi connectivity index (χ1n) is 5.85. The lowest BCUT2D eigenvalue weighted by Crippen LogP contribution is -2.22. The van der Waals surface area contributed by atoms with Crippen molar-refractivity contribution in [2.45, 2.75) is 32.8 Å².